The Morgan fingerprint density at radius 2 is 1.89 bits per heavy atom. The number of alkyl halides is 2. The molecule has 2 rings (SSSR count). The molecule has 0 aliphatic carbocycles. The van der Waals surface area contributed by atoms with Crippen molar-refractivity contribution < 1.29 is 23.5 Å². The van der Waals surface area contributed by atoms with Gasteiger partial charge in [0.1, 0.15) is 0 Å². The second kappa shape index (κ2) is 4.60. The first-order valence-electron chi connectivity index (χ1n) is 5.81. The predicted molar refractivity (Wildman–Crippen MR) is 63.6 cm³/mol. The maximum atomic E-state index is 13.1. The Hall–Kier alpha value is -1.98. The monoisotopic (exact) mass is 269 g/mol. The van der Waals surface area contributed by atoms with Gasteiger partial charge in [-0.3, -0.25) is 4.79 Å². The van der Waals surface area contributed by atoms with E-state index in [-0.39, 0.29) is 24.1 Å². The maximum absolute atomic E-state index is 13.1. The summed E-state index contributed by atoms with van der Waals surface area (Å²) in [4.78, 5) is 24.0. The van der Waals surface area contributed by atoms with Crippen LogP contribution in [0.3, 0.4) is 0 Å². The summed E-state index contributed by atoms with van der Waals surface area (Å²) < 4.78 is 26.1. The third kappa shape index (κ3) is 2.89. The van der Waals surface area contributed by atoms with Crippen LogP contribution >= 0.6 is 0 Å². The van der Waals surface area contributed by atoms with Gasteiger partial charge < -0.3 is 10.0 Å². The fourth-order valence-corrected chi connectivity index (χ4v) is 2.12. The molecule has 0 atom stereocenters. The van der Waals surface area contributed by atoms with E-state index in [1.54, 1.807) is 6.92 Å². The summed E-state index contributed by atoms with van der Waals surface area (Å²) in [6.07, 6.45) is -0.351. The van der Waals surface area contributed by atoms with Crippen LogP contribution < -0.4 is 0 Å². The maximum Gasteiger partial charge on any atom is 0.335 e. The normalized spacial score (nSPS) is 17.5. The smallest absolute Gasteiger partial charge is 0.335 e. The average Bonchev–Trinajstić information content (AvgIpc) is 2.68. The fraction of sp³-hybridized carbons (Fsp3) is 0.385. The highest BCUT2D eigenvalue weighted by Crippen LogP contribution is 2.28. The quantitative estimate of drug-likeness (QED) is 0.895. The van der Waals surface area contributed by atoms with Gasteiger partial charge >= 0.3 is 5.97 Å². The molecular weight excluding hydrogens is 256 g/mol. The van der Waals surface area contributed by atoms with E-state index in [0.717, 1.165) is 4.90 Å². The highest BCUT2D eigenvalue weighted by molar-refractivity contribution is 5.98. The Balaban J connectivity index is 2.27. The van der Waals surface area contributed by atoms with E-state index in [2.05, 4.69) is 0 Å². The van der Waals surface area contributed by atoms with Gasteiger partial charge in [-0.1, -0.05) is 0 Å². The van der Waals surface area contributed by atoms with Crippen LogP contribution in [0.5, 0.6) is 0 Å². The number of carboxylic acid groups (broad SMARTS) is 1. The van der Waals surface area contributed by atoms with Crippen molar-refractivity contribution >= 4 is 11.9 Å². The van der Waals surface area contributed by atoms with Gasteiger partial charge in [-0.05, 0) is 30.7 Å². The first-order valence-corrected chi connectivity index (χ1v) is 5.81. The number of halogens is 2. The molecule has 1 N–H and O–H groups in total. The Morgan fingerprint density at radius 1 is 1.26 bits per heavy atom. The number of likely N-dealkylation sites (tertiary alicyclic amines) is 1. The lowest BCUT2D eigenvalue weighted by atomic mass is 10.1. The zero-order valence-corrected chi connectivity index (χ0v) is 10.3. The minimum absolute atomic E-state index is 0.0117. The lowest BCUT2D eigenvalue weighted by Crippen LogP contribution is -2.31. The van der Waals surface area contributed by atoms with Crippen LogP contribution in [-0.2, 0) is 0 Å². The number of benzene rings is 1. The number of aromatic carboxylic acids is 1. The minimum atomic E-state index is -2.85. The highest BCUT2D eigenvalue weighted by Gasteiger charge is 2.40. The van der Waals surface area contributed by atoms with Gasteiger partial charge in [-0.2, -0.15) is 0 Å². The molecule has 1 fully saturated rings. The van der Waals surface area contributed by atoms with E-state index in [1.165, 1.54) is 18.2 Å². The highest BCUT2D eigenvalue weighted by atomic mass is 19.3. The van der Waals surface area contributed by atoms with Gasteiger partial charge in [0.2, 0.25) is 0 Å². The van der Waals surface area contributed by atoms with Crippen molar-refractivity contribution in [2.45, 2.75) is 19.3 Å². The number of hydrogen-bond acceptors (Lipinski definition) is 2. The van der Waals surface area contributed by atoms with Crippen molar-refractivity contribution in [3.63, 3.8) is 0 Å². The number of amides is 1. The molecule has 1 amide bonds. The Bertz CT molecular complexity index is 543. The molecule has 0 bridgehead atoms. The van der Waals surface area contributed by atoms with Crippen LogP contribution in [0.15, 0.2) is 18.2 Å². The molecule has 0 radical (unpaired) electrons. The number of aryl methyl sites for hydroxylation is 1. The fourth-order valence-electron chi connectivity index (χ4n) is 2.12. The zero-order chi connectivity index (χ0) is 14.2. The molecule has 1 aromatic rings. The molecule has 0 unspecified atom stereocenters. The van der Waals surface area contributed by atoms with Gasteiger partial charge in [-0.25, -0.2) is 13.6 Å². The molecule has 1 aliphatic rings. The minimum Gasteiger partial charge on any atom is -0.478 e. The van der Waals surface area contributed by atoms with Crippen LogP contribution in [-0.4, -0.2) is 40.9 Å². The van der Waals surface area contributed by atoms with E-state index >= 15 is 0 Å². The van der Waals surface area contributed by atoms with E-state index < -0.39 is 24.3 Å². The molecule has 1 heterocycles. The lowest BCUT2D eigenvalue weighted by Gasteiger charge is -2.16. The van der Waals surface area contributed by atoms with Crippen molar-refractivity contribution in [3.05, 3.63) is 34.9 Å². The predicted octanol–water partition coefficient (Wildman–Crippen LogP) is 2.17. The van der Waals surface area contributed by atoms with E-state index in [4.69, 9.17) is 5.11 Å². The molecule has 6 heteroatoms. The molecule has 1 aromatic carbocycles. The molecule has 1 aliphatic heterocycles. The first-order chi connectivity index (χ1) is 8.78. The Labute approximate surface area is 108 Å². The molecule has 0 saturated carbocycles. The van der Waals surface area contributed by atoms with Crippen LogP contribution in [0.25, 0.3) is 0 Å². The Morgan fingerprint density at radius 3 is 2.42 bits per heavy atom. The molecule has 0 aromatic heterocycles. The van der Waals surface area contributed by atoms with Crippen molar-refractivity contribution in [3.8, 4) is 0 Å². The SMILES string of the molecule is Cc1cc(C(=O)O)cc(C(=O)N2CCC(F)(F)C2)c1. The average molecular weight is 269 g/mol. The van der Waals surface area contributed by atoms with Crippen LogP contribution in [0.4, 0.5) is 8.78 Å². The second-order valence-electron chi connectivity index (χ2n) is 4.73. The summed E-state index contributed by atoms with van der Waals surface area (Å²) >= 11 is 0. The van der Waals surface area contributed by atoms with Crippen molar-refractivity contribution in [2.75, 3.05) is 13.1 Å². The van der Waals surface area contributed by atoms with Crippen LogP contribution in [0.2, 0.25) is 0 Å². The summed E-state index contributed by atoms with van der Waals surface area (Å²) in [7, 11) is 0. The van der Waals surface area contributed by atoms with Crippen molar-refractivity contribution in [1.82, 2.24) is 4.90 Å². The van der Waals surface area contributed by atoms with Gasteiger partial charge in [0.05, 0.1) is 12.1 Å². The molecule has 0 spiro atoms. The van der Waals surface area contributed by atoms with E-state index in [9.17, 15) is 18.4 Å². The second-order valence-corrected chi connectivity index (χ2v) is 4.73. The third-order valence-corrected chi connectivity index (χ3v) is 3.03. The number of carbonyl (C=O) groups is 2. The van der Waals surface area contributed by atoms with Crippen LogP contribution in [0, 0.1) is 6.92 Å². The van der Waals surface area contributed by atoms with E-state index in [1.807, 2.05) is 0 Å². The first kappa shape index (κ1) is 13.5. The van der Waals surface area contributed by atoms with Gasteiger partial charge in [0, 0.05) is 18.5 Å². The van der Waals surface area contributed by atoms with Crippen molar-refractivity contribution in [2.24, 2.45) is 0 Å². The summed E-state index contributed by atoms with van der Waals surface area (Å²) in [5, 5.41) is 8.92. The number of nitrogens with zero attached hydrogens (tertiary/aromatic N) is 1. The topological polar surface area (TPSA) is 57.6 Å². The standard InChI is InChI=1S/C13H13F2NO3/c1-8-4-9(6-10(5-8)12(18)19)11(17)16-3-2-13(14,15)7-16/h4-6H,2-3,7H2,1H3,(H,18,19). The summed E-state index contributed by atoms with van der Waals surface area (Å²) in [6, 6.07) is 4.15. The summed E-state index contributed by atoms with van der Waals surface area (Å²) in [5.74, 6) is -4.55. The van der Waals surface area contributed by atoms with Crippen molar-refractivity contribution in [1.29, 1.82) is 0 Å². The molecule has 102 valence electrons. The molecular formula is C13H13F2NO3. The molecule has 19 heavy (non-hydrogen) atoms. The third-order valence-electron chi connectivity index (χ3n) is 3.03. The zero-order valence-electron chi connectivity index (χ0n) is 10.3. The lowest BCUT2D eigenvalue weighted by molar-refractivity contribution is 0.0120. The van der Waals surface area contributed by atoms with Gasteiger partial charge in [0.25, 0.3) is 11.8 Å². The summed E-state index contributed by atoms with van der Waals surface area (Å²) in [6.45, 7) is 1.03. The molecule has 4 nitrogen and oxygen atoms in total. The van der Waals surface area contributed by atoms with Gasteiger partial charge in [-0.15, -0.1) is 0 Å². The number of carbonyl (C=O) groups excluding carboxylic acids is 1. The largest absolute Gasteiger partial charge is 0.478 e. The Kier molecular flexibility index (Phi) is 3.26. The van der Waals surface area contributed by atoms with E-state index in [0.29, 0.717) is 5.56 Å². The van der Waals surface area contributed by atoms with Crippen LogP contribution in [0.1, 0.15) is 32.7 Å². The summed E-state index contributed by atoms with van der Waals surface area (Å²) in [5.41, 5.74) is 0.721. The number of rotatable bonds is 2. The number of carboxylic acids is 1. The van der Waals surface area contributed by atoms with Gasteiger partial charge in [0.15, 0.2) is 0 Å². The molecule has 1 saturated heterocycles. The number of hydrogen-bond donors (Lipinski definition) is 1.